The summed E-state index contributed by atoms with van der Waals surface area (Å²) in [7, 11) is 0. The molecule has 0 radical (unpaired) electrons. The average molecular weight is 526 g/mol. The first-order valence-corrected chi connectivity index (χ1v) is 13.3. The van der Waals surface area contributed by atoms with Crippen LogP contribution in [-0.4, -0.2) is 75.0 Å². The lowest BCUT2D eigenvalue weighted by Crippen LogP contribution is -2.43. The fourth-order valence-electron chi connectivity index (χ4n) is 4.13. The maximum Gasteiger partial charge on any atom is 0.255 e. The van der Waals surface area contributed by atoms with Crippen LogP contribution in [-0.2, 0) is 29.8 Å². The van der Waals surface area contributed by atoms with Crippen LogP contribution in [0.3, 0.4) is 0 Å². The standard InChI is InChI=1S/C24H27N7O5S/c1-24(2,3)20-19-12-26-27-21(18-10-17(13-32)36-29-18)31(19)28-22(20)35-14-16-5-4-15(11-25-16)23(33)30-6-8-37(34)9-7-30/h4-5,10-12,32H,6-9,13-14H2,1-3H3. The Bertz CT molecular complexity index is 1410. The molecule has 5 rings (SSSR count). The van der Waals surface area contributed by atoms with E-state index in [1.807, 2.05) is 20.8 Å². The highest BCUT2D eigenvalue weighted by Gasteiger charge is 2.29. The molecule has 1 saturated heterocycles. The Kier molecular flexibility index (Phi) is 6.84. The maximum absolute atomic E-state index is 12.7. The minimum absolute atomic E-state index is 0.114. The number of hydrogen-bond acceptors (Lipinski definition) is 10. The van der Waals surface area contributed by atoms with Gasteiger partial charge in [0.2, 0.25) is 11.7 Å². The van der Waals surface area contributed by atoms with Gasteiger partial charge in [-0.1, -0.05) is 37.1 Å². The molecule has 0 unspecified atom stereocenters. The number of amides is 1. The minimum atomic E-state index is -0.845. The highest BCUT2D eigenvalue weighted by atomic mass is 32.2. The van der Waals surface area contributed by atoms with Crippen molar-refractivity contribution in [1.29, 1.82) is 0 Å². The summed E-state index contributed by atoms with van der Waals surface area (Å²) < 4.78 is 24.4. The molecule has 0 aliphatic carbocycles. The molecule has 1 N–H and O–H groups in total. The third-order valence-corrected chi connectivity index (χ3v) is 7.29. The SMILES string of the molecule is CC(C)(C)c1c(OCc2ccc(C(=O)N3CC[S+]([O-])CC3)cn2)nn2c(-c3cc(CO)on3)nncc12. The zero-order valence-electron chi connectivity index (χ0n) is 20.7. The van der Waals surface area contributed by atoms with E-state index in [-0.39, 0.29) is 24.5 Å². The van der Waals surface area contributed by atoms with Crippen molar-refractivity contribution in [3.8, 4) is 17.4 Å². The van der Waals surface area contributed by atoms with Crippen LogP contribution in [0.5, 0.6) is 5.88 Å². The quantitative estimate of drug-likeness (QED) is 0.368. The molecule has 5 heterocycles. The van der Waals surface area contributed by atoms with Crippen molar-refractivity contribution in [2.45, 2.75) is 39.4 Å². The zero-order valence-corrected chi connectivity index (χ0v) is 21.6. The van der Waals surface area contributed by atoms with Crippen molar-refractivity contribution < 1.29 is 23.7 Å². The summed E-state index contributed by atoms with van der Waals surface area (Å²) in [5.41, 5.74) is 2.71. The molecular weight excluding hydrogens is 498 g/mol. The van der Waals surface area contributed by atoms with Crippen LogP contribution in [0.25, 0.3) is 17.0 Å². The molecule has 0 aromatic carbocycles. The van der Waals surface area contributed by atoms with Gasteiger partial charge in [-0.05, 0) is 17.5 Å². The van der Waals surface area contributed by atoms with Gasteiger partial charge in [0.05, 0.1) is 36.1 Å². The normalized spacial score (nSPS) is 14.9. The number of aliphatic hydroxyl groups is 1. The van der Waals surface area contributed by atoms with Gasteiger partial charge in [0.25, 0.3) is 5.91 Å². The summed E-state index contributed by atoms with van der Waals surface area (Å²) in [4.78, 5) is 18.8. The van der Waals surface area contributed by atoms with Crippen LogP contribution < -0.4 is 4.74 Å². The number of fused-ring (bicyclic) bond motifs is 1. The molecule has 4 aromatic rings. The Morgan fingerprint density at radius 1 is 1.24 bits per heavy atom. The van der Waals surface area contributed by atoms with E-state index in [1.54, 1.807) is 33.8 Å². The molecule has 1 aliphatic rings. The van der Waals surface area contributed by atoms with Crippen molar-refractivity contribution in [1.82, 2.24) is 34.9 Å². The maximum atomic E-state index is 12.7. The van der Waals surface area contributed by atoms with Gasteiger partial charge in [-0.2, -0.15) is 5.10 Å². The van der Waals surface area contributed by atoms with E-state index in [9.17, 15) is 14.5 Å². The van der Waals surface area contributed by atoms with E-state index in [1.165, 1.54) is 6.20 Å². The molecule has 0 saturated carbocycles. The van der Waals surface area contributed by atoms with Crippen molar-refractivity contribution in [3.05, 3.63) is 53.2 Å². The lowest BCUT2D eigenvalue weighted by molar-refractivity contribution is 0.0769. The Morgan fingerprint density at radius 3 is 2.68 bits per heavy atom. The Labute approximate surface area is 215 Å². The number of carbonyl (C=O) groups excluding carboxylic acids is 1. The first kappa shape index (κ1) is 25.1. The van der Waals surface area contributed by atoms with Gasteiger partial charge in [0.15, 0.2) is 11.5 Å². The van der Waals surface area contributed by atoms with Crippen LogP contribution >= 0.6 is 0 Å². The van der Waals surface area contributed by atoms with Gasteiger partial charge < -0.3 is 23.8 Å². The lowest BCUT2D eigenvalue weighted by atomic mass is 9.88. The van der Waals surface area contributed by atoms with Crippen LogP contribution in [0.2, 0.25) is 0 Å². The van der Waals surface area contributed by atoms with E-state index in [2.05, 4.69) is 25.4 Å². The van der Waals surface area contributed by atoms with E-state index in [0.29, 0.717) is 64.5 Å². The van der Waals surface area contributed by atoms with Crippen LogP contribution in [0, 0.1) is 0 Å². The highest BCUT2D eigenvalue weighted by molar-refractivity contribution is 7.91. The fourth-order valence-corrected chi connectivity index (χ4v) is 5.18. The molecular formula is C24H27N7O5S. The molecule has 0 bridgehead atoms. The summed E-state index contributed by atoms with van der Waals surface area (Å²) in [5, 5.41) is 26.2. The van der Waals surface area contributed by atoms with Gasteiger partial charge in [0.1, 0.15) is 24.7 Å². The first-order valence-electron chi connectivity index (χ1n) is 11.8. The van der Waals surface area contributed by atoms with Crippen LogP contribution in [0.4, 0.5) is 0 Å². The molecule has 13 heteroatoms. The number of aromatic nitrogens is 6. The molecule has 1 amide bonds. The number of rotatable bonds is 6. The number of carbonyl (C=O) groups is 1. The van der Waals surface area contributed by atoms with Gasteiger partial charge in [-0.3, -0.25) is 9.78 Å². The summed E-state index contributed by atoms with van der Waals surface area (Å²) in [6, 6.07) is 5.06. The topological polar surface area (TPSA) is 155 Å². The third kappa shape index (κ3) is 5.15. The van der Waals surface area contributed by atoms with E-state index in [4.69, 9.17) is 9.26 Å². The van der Waals surface area contributed by atoms with E-state index in [0.717, 1.165) is 5.56 Å². The summed E-state index contributed by atoms with van der Waals surface area (Å²) >= 11 is -0.845. The zero-order chi connectivity index (χ0) is 26.2. The first-order chi connectivity index (χ1) is 17.7. The van der Waals surface area contributed by atoms with Crippen molar-refractivity contribution in [2.75, 3.05) is 24.6 Å². The van der Waals surface area contributed by atoms with Crippen LogP contribution in [0.1, 0.15) is 48.1 Å². The second-order valence-corrected chi connectivity index (χ2v) is 11.4. The number of hydrogen-bond donors (Lipinski definition) is 1. The molecule has 37 heavy (non-hydrogen) atoms. The average Bonchev–Trinajstić information content (AvgIpc) is 3.52. The fraction of sp³-hybridized carbons (Fsp3) is 0.417. The number of aliphatic hydroxyl groups excluding tert-OH is 1. The third-order valence-electron chi connectivity index (χ3n) is 6.01. The second-order valence-electron chi connectivity index (χ2n) is 9.70. The predicted molar refractivity (Wildman–Crippen MR) is 133 cm³/mol. The Morgan fingerprint density at radius 2 is 2.03 bits per heavy atom. The molecule has 194 valence electrons. The summed E-state index contributed by atoms with van der Waals surface area (Å²) in [5.74, 6) is 1.95. The molecule has 0 spiro atoms. The number of nitrogens with zero attached hydrogens (tertiary/aromatic N) is 7. The van der Waals surface area contributed by atoms with Gasteiger partial charge >= 0.3 is 0 Å². The number of pyridine rings is 1. The van der Waals surface area contributed by atoms with Crippen molar-refractivity contribution >= 4 is 22.6 Å². The highest BCUT2D eigenvalue weighted by Crippen LogP contribution is 2.36. The lowest BCUT2D eigenvalue weighted by Gasteiger charge is -2.28. The molecule has 4 aromatic heterocycles. The Hall–Kier alpha value is -3.55. The van der Waals surface area contributed by atoms with Gasteiger partial charge in [-0.15, -0.1) is 10.2 Å². The van der Waals surface area contributed by atoms with E-state index < -0.39 is 11.2 Å². The van der Waals surface area contributed by atoms with E-state index >= 15 is 0 Å². The van der Waals surface area contributed by atoms with Crippen LogP contribution in [0.15, 0.2) is 35.1 Å². The minimum Gasteiger partial charge on any atom is -0.616 e. The smallest absolute Gasteiger partial charge is 0.255 e. The molecule has 0 atom stereocenters. The Balaban J connectivity index is 1.38. The second kappa shape index (κ2) is 10.1. The predicted octanol–water partition coefficient (Wildman–Crippen LogP) is 1.75. The monoisotopic (exact) mass is 525 g/mol. The van der Waals surface area contributed by atoms with Crippen molar-refractivity contribution in [2.24, 2.45) is 0 Å². The summed E-state index contributed by atoms with van der Waals surface area (Å²) in [6.45, 7) is 6.97. The largest absolute Gasteiger partial charge is 0.616 e. The summed E-state index contributed by atoms with van der Waals surface area (Å²) in [6.07, 6.45) is 3.15. The molecule has 1 fully saturated rings. The molecule has 1 aliphatic heterocycles. The van der Waals surface area contributed by atoms with Gasteiger partial charge in [-0.25, -0.2) is 4.52 Å². The number of ether oxygens (including phenoxy) is 1. The van der Waals surface area contributed by atoms with Gasteiger partial charge in [0, 0.05) is 17.8 Å². The molecule has 12 nitrogen and oxygen atoms in total. The van der Waals surface area contributed by atoms with Crippen molar-refractivity contribution in [3.63, 3.8) is 0 Å².